The number of alkyl halides is 3. The van der Waals surface area contributed by atoms with Crippen LogP contribution in [0.25, 0.3) is 0 Å². The second-order valence-electron chi connectivity index (χ2n) is 3.60. The Morgan fingerprint density at radius 1 is 1.56 bits per heavy atom. The Labute approximate surface area is 89.7 Å². The van der Waals surface area contributed by atoms with Gasteiger partial charge in [0.2, 0.25) is 5.60 Å². The first-order chi connectivity index (χ1) is 7.18. The predicted octanol–water partition coefficient (Wildman–Crippen LogP) is 1.15. The molecule has 0 saturated carbocycles. The minimum absolute atomic E-state index is 0.588. The normalized spacial score (nSPS) is 15.9. The van der Waals surface area contributed by atoms with Crippen molar-refractivity contribution in [1.29, 1.82) is 0 Å². The van der Waals surface area contributed by atoms with Crippen molar-refractivity contribution in [1.82, 2.24) is 9.55 Å². The van der Waals surface area contributed by atoms with Crippen LogP contribution in [0.2, 0.25) is 0 Å². The molecule has 4 nitrogen and oxygen atoms in total. The zero-order chi connectivity index (χ0) is 12.6. The third kappa shape index (κ3) is 2.08. The Balaban J connectivity index is 3.26. The average molecular weight is 236 g/mol. The Bertz CT molecular complexity index is 400. The molecule has 1 rings (SSSR count). The fourth-order valence-electron chi connectivity index (χ4n) is 1.43. The summed E-state index contributed by atoms with van der Waals surface area (Å²) < 4.78 is 39.3. The summed E-state index contributed by atoms with van der Waals surface area (Å²) in [6.45, 7) is 0.986. The summed E-state index contributed by atoms with van der Waals surface area (Å²) in [7, 11) is 1.32. The minimum Gasteiger partial charge on any atom is -0.374 e. The predicted molar refractivity (Wildman–Crippen MR) is 48.5 cm³/mol. The smallest absolute Gasteiger partial charge is 0.374 e. The number of imidazole rings is 1. The number of nitrogens with zero attached hydrogens (tertiary/aromatic N) is 2. The van der Waals surface area contributed by atoms with Crippen LogP contribution in [0.5, 0.6) is 0 Å². The Hall–Kier alpha value is -1.37. The highest BCUT2D eigenvalue weighted by Gasteiger charge is 2.58. The molecule has 0 aromatic carbocycles. The molecule has 0 aliphatic rings. The molecule has 0 fully saturated rings. The molecule has 0 saturated heterocycles. The topological polar surface area (TPSA) is 55.1 Å². The highest BCUT2D eigenvalue weighted by molar-refractivity contribution is 5.76. The van der Waals surface area contributed by atoms with Gasteiger partial charge in [-0.25, -0.2) is 4.98 Å². The maximum atomic E-state index is 12.8. The lowest BCUT2D eigenvalue weighted by molar-refractivity contribution is -0.270. The van der Waals surface area contributed by atoms with Crippen molar-refractivity contribution in [2.45, 2.75) is 25.1 Å². The van der Waals surface area contributed by atoms with Gasteiger partial charge in [-0.05, 0) is 6.92 Å². The van der Waals surface area contributed by atoms with E-state index in [9.17, 15) is 23.1 Å². The van der Waals surface area contributed by atoms with E-state index in [1.807, 2.05) is 0 Å². The van der Waals surface area contributed by atoms with Gasteiger partial charge in [-0.2, -0.15) is 13.2 Å². The van der Waals surface area contributed by atoms with Crippen molar-refractivity contribution < 1.29 is 23.1 Å². The standard InChI is InChI=1S/C9H11F3N2O2/c1-6(15)5-8(16,9(10,11)12)7-13-3-4-14(7)2/h3-4,16H,5H2,1-2H3. The van der Waals surface area contributed by atoms with E-state index in [0.717, 1.165) is 17.7 Å². The molecule has 1 unspecified atom stereocenters. The summed E-state index contributed by atoms with van der Waals surface area (Å²) in [4.78, 5) is 14.3. The van der Waals surface area contributed by atoms with Gasteiger partial charge in [-0.3, -0.25) is 4.79 Å². The number of halogens is 3. The van der Waals surface area contributed by atoms with Crippen LogP contribution in [0.1, 0.15) is 19.2 Å². The van der Waals surface area contributed by atoms with Crippen molar-refractivity contribution in [3.63, 3.8) is 0 Å². The van der Waals surface area contributed by atoms with Crippen LogP contribution < -0.4 is 0 Å². The molecule has 16 heavy (non-hydrogen) atoms. The van der Waals surface area contributed by atoms with Crippen LogP contribution in [0, 0.1) is 0 Å². The summed E-state index contributed by atoms with van der Waals surface area (Å²) >= 11 is 0. The molecule has 1 aromatic rings. The van der Waals surface area contributed by atoms with E-state index in [1.165, 1.54) is 13.2 Å². The van der Waals surface area contributed by atoms with Crippen molar-refractivity contribution in [3.05, 3.63) is 18.2 Å². The number of carbonyl (C=O) groups is 1. The van der Waals surface area contributed by atoms with Crippen LogP contribution in [-0.4, -0.2) is 26.6 Å². The number of rotatable bonds is 3. The van der Waals surface area contributed by atoms with Gasteiger partial charge in [0.1, 0.15) is 5.78 Å². The molecule has 0 aliphatic carbocycles. The van der Waals surface area contributed by atoms with E-state index in [1.54, 1.807) is 0 Å². The van der Waals surface area contributed by atoms with Crippen LogP contribution in [0.15, 0.2) is 12.4 Å². The van der Waals surface area contributed by atoms with Crippen molar-refractivity contribution in [2.75, 3.05) is 0 Å². The summed E-state index contributed by atoms with van der Waals surface area (Å²) in [5, 5.41) is 9.63. The number of hydrogen-bond donors (Lipinski definition) is 1. The lowest BCUT2D eigenvalue weighted by Gasteiger charge is -2.28. The quantitative estimate of drug-likeness (QED) is 0.856. The number of Topliss-reactive ketones (excluding diaryl/α,β-unsaturated/α-hetero) is 1. The second-order valence-corrected chi connectivity index (χ2v) is 3.60. The SMILES string of the molecule is CC(=O)CC(O)(c1nccn1C)C(F)(F)F. The van der Waals surface area contributed by atoms with Crippen molar-refractivity contribution in [2.24, 2.45) is 7.05 Å². The van der Waals surface area contributed by atoms with Crippen LogP contribution in [0.4, 0.5) is 13.2 Å². The number of aromatic nitrogens is 2. The number of hydrogen-bond acceptors (Lipinski definition) is 3. The first-order valence-electron chi connectivity index (χ1n) is 4.45. The first-order valence-corrected chi connectivity index (χ1v) is 4.45. The van der Waals surface area contributed by atoms with Crippen LogP contribution in [-0.2, 0) is 17.4 Å². The molecule has 1 N–H and O–H groups in total. The summed E-state index contributed by atoms with van der Waals surface area (Å²) in [6.07, 6.45) is -3.59. The van der Waals surface area contributed by atoms with E-state index < -0.39 is 29.8 Å². The zero-order valence-corrected chi connectivity index (χ0v) is 8.75. The van der Waals surface area contributed by atoms with Crippen molar-refractivity contribution >= 4 is 5.78 Å². The molecule has 0 aliphatic heterocycles. The van der Waals surface area contributed by atoms with Gasteiger partial charge < -0.3 is 9.67 Å². The van der Waals surface area contributed by atoms with Gasteiger partial charge >= 0.3 is 6.18 Å². The summed E-state index contributed by atoms with van der Waals surface area (Å²) in [5.74, 6) is -1.35. The highest BCUT2D eigenvalue weighted by Crippen LogP contribution is 2.40. The molecule has 1 atom stereocenters. The number of ketones is 1. The van der Waals surface area contributed by atoms with E-state index in [2.05, 4.69) is 4.98 Å². The molecule has 90 valence electrons. The van der Waals surface area contributed by atoms with Gasteiger partial charge in [0.05, 0.1) is 6.42 Å². The lowest BCUT2D eigenvalue weighted by Crippen LogP contribution is -2.45. The zero-order valence-electron chi connectivity index (χ0n) is 8.75. The molecular formula is C9H11F3N2O2. The maximum absolute atomic E-state index is 12.8. The fourth-order valence-corrected chi connectivity index (χ4v) is 1.43. The van der Waals surface area contributed by atoms with Crippen molar-refractivity contribution in [3.8, 4) is 0 Å². The van der Waals surface area contributed by atoms with E-state index in [4.69, 9.17) is 0 Å². The van der Waals surface area contributed by atoms with Crippen LogP contribution >= 0.6 is 0 Å². The van der Waals surface area contributed by atoms with Crippen LogP contribution in [0.3, 0.4) is 0 Å². The van der Waals surface area contributed by atoms with Gasteiger partial charge in [0, 0.05) is 19.4 Å². The molecule has 1 heterocycles. The second kappa shape index (κ2) is 3.89. The van der Waals surface area contributed by atoms with E-state index >= 15 is 0 Å². The minimum atomic E-state index is -4.95. The molecule has 1 aromatic heterocycles. The molecule has 0 amide bonds. The third-order valence-electron chi connectivity index (χ3n) is 2.16. The number of aryl methyl sites for hydroxylation is 1. The highest BCUT2D eigenvalue weighted by atomic mass is 19.4. The Morgan fingerprint density at radius 3 is 2.44 bits per heavy atom. The van der Waals surface area contributed by atoms with Gasteiger partial charge in [0.15, 0.2) is 5.82 Å². The Morgan fingerprint density at radius 2 is 2.12 bits per heavy atom. The molecular weight excluding hydrogens is 225 g/mol. The van der Waals surface area contributed by atoms with E-state index in [0.29, 0.717) is 0 Å². The molecule has 0 spiro atoms. The summed E-state index contributed by atoms with van der Waals surface area (Å²) in [6, 6.07) is 0. The molecule has 0 bridgehead atoms. The lowest BCUT2D eigenvalue weighted by atomic mass is 9.95. The average Bonchev–Trinajstić information content (AvgIpc) is 2.48. The fraction of sp³-hybridized carbons (Fsp3) is 0.556. The van der Waals surface area contributed by atoms with Gasteiger partial charge in [0.25, 0.3) is 0 Å². The number of carbonyl (C=O) groups excluding carboxylic acids is 1. The monoisotopic (exact) mass is 236 g/mol. The summed E-state index contributed by atoms with van der Waals surface area (Å²) in [5.41, 5.74) is -3.23. The largest absolute Gasteiger partial charge is 0.424 e. The molecule has 0 radical (unpaired) electrons. The third-order valence-corrected chi connectivity index (χ3v) is 2.16. The number of aliphatic hydroxyl groups is 1. The Kier molecular flexibility index (Phi) is 3.09. The van der Waals surface area contributed by atoms with Gasteiger partial charge in [-0.1, -0.05) is 0 Å². The molecule has 7 heteroatoms. The van der Waals surface area contributed by atoms with Gasteiger partial charge in [-0.15, -0.1) is 0 Å². The first kappa shape index (κ1) is 12.7. The van der Waals surface area contributed by atoms with E-state index in [-0.39, 0.29) is 0 Å². The maximum Gasteiger partial charge on any atom is 0.424 e.